The molecule has 3 nitrogen and oxygen atoms in total. The third kappa shape index (κ3) is 2.46. The van der Waals surface area contributed by atoms with Gasteiger partial charge in [0.25, 0.3) is 0 Å². The van der Waals surface area contributed by atoms with Crippen LogP contribution in [0.2, 0.25) is 5.15 Å². The van der Waals surface area contributed by atoms with Crippen LogP contribution in [-0.2, 0) is 6.42 Å². The lowest BCUT2D eigenvalue weighted by Crippen LogP contribution is -2.34. The van der Waals surface area contributed by atoms with E-state index < -0.39 is 0 Å². The second kappa shape index (κ2) is 5.43. The Morgan fingerprint density at radius 2 is 2.11 bits per heavy atom. The Morgan fingerprint density at radius 3 is 2.72 bits per heavy atom. The second-order valence-electron chi connectivity index (χ2n) is 5.38. The summed E-state index contributed by atoms with van der Waals surface area (Å²) in [6.07, 6.45) is 3.32. The predicted molar refractivity (Wildman–Crippen MR) is 76.4 cm³/mol. The number of hydrogen-bond acceptors (Lipinski definition) is 3. The maximum atomic E-state index is 6.23. The Kier molecular flexibility index (Phi) is 4.10. The van der Waals surface area contributed by atoms with Crippen molar-refractivity contribution in [1.82, 2.24) is 9.97 Å². The third-order valence-corrected chi connectivity index (χ3v) is 4.13. The van der Waals surface area contributed by atoms with Crippen molar-refractivity contribution in [3.8, 4) is 0 Å². The molecule has 1 aromatic rings. The van der Waals surface area contributed by atoms with E-state index in [2.05, 4.69) is 30.7 Å². The number of halogens is 1. The molecule has 4 heteroatoms. The summed E-state index contributed by atoms with van der Waals surface area (Å²) in [6.45, 7) is 9.73. The van der Waals surface area contributed by atoms with Crippen LogP contribution < -0.4 is 4.90 Å². The average Bonchev–Trinajstić information content (AvgIpc) is 2.81. The second-order valence-corrected chi connectivity index (χ2v) is 5.74. The quantitative estimate of drug-likeness (QED) is 0.783. The number of nitrogens with zero attached hydrogens (tertiary/aromatic N) is 3. The molecular weight excluding hydrogens is 246 g/mol. The van der Waals surface area contributed by atoms with Gasteiger partial charge in [0.05, 0.1) is 0 Å². The zero-order valence-electron chi connectivity index (χ0n) is 11.7. The summed E-state index contributed by atoms with van der Waals surface area (Å²) in [5.74, 6) is 2.53. The molecule has 1 atom stereocenters. The van der Waals surface area contributed by atoms with Gasteiger partial charge in [0.2, 0.25) is 0 Å². The van der Waals surface area contributed by atoms with Gasteiger partial charge in [-0.3, -0.25) is 0 Å². The van der Waals surface area contributed by atoms with Crippen LogP contribution in [0.1, 0.15) is 45.0 Å². The van der Waals surface area contributed by atoms with E-state index >= 15 is 0 Å². The summed E-state index contributed by atoms with van der Waals surface area (Å²) in [5.41, 5.74) is 1.02. The minimum atomic E-state index is 0.583. The number of aromatic nitrogens is 2. The molecule has 1 fully saturated rings. The van der Waals surface area contributed by atoms with Crippen molar-refractivity contribution in [3.63, 3.8) is 0 Å². The maximum absolute atomic E-state index is 6.23. The Morgan fingerprint density at radius 1 is 1.39 bits per heavy atom. The molecule has 1 aliphatic rings. The molecule has 0 bridgehead atoms. The number of hydrogen-bond donors (Lipinski definition) is 0. The summed E-state index contributed by atoms with van der Waals surface area (Å²) in [4.78, 5) is 11.4. The van der Waals surface area contributed by atoms with Crippen LogP contribution in [0.15, 0.2) is 0 Å². The molecule has 0 spiro atoms. The minimum absolute atomic E-state index is 0.583. The highest BCUT2D eigenvalue weighted by Crippen LogP contribution is 2.32. The first-order valence-electron chi connectivity index (χ1n) is 6.84. The molecule has 0 amide bonds. The summed E-state index contributed by atoms with van der Waals surface area (Å²) in [7, 11) is 0. The van der Waals surface area contributed by atoms with Crippen LogP contribution in [0.4, 0.5) is 5.82 Å². The van der Waals surface area contributed by atoms with E-state index in [1.807, 2.05) is 6.92 Å². The Balaban J connectivity index is 2.40. The van der Waals surface area contributed by atoms with Crippen molar-refractivity contribution < 1.29 is 0 Å². The Bertz CT molecular complexity index is 431. The van der Waals surface area contributed by atoms with E-state index in [1.165, 1.54) is 12.8 Å². The van der Waals surface area contributed by atoms with Gasteiger partial charge in [0, 0.05) is 24.6 Å². The highest BCUT2D eigenvalue weighted by atomic mass is 35.5. The minimum Gasteiger partial charge on any atom is -0.353 e. The van der Waals surface area contributed by atoms with Crippen LogP contribution in [0.5, 0.6) is 0 Å². The van der Waals surface area contributed by atoms with Crippen molar-refractivity contribution in [2.45, 2.75) is 53.0 Å². The Hall–Kier alpha value is -0.830. The normalized spacial score (nSPS) is 19.9. The van der Waals surface area contributed by atoms with Gasteiger partial charge in [-0.05, 0) is 25.7 Å². The number of anilines is 1. The van der Waals surface area contributed by atoms with Crippen molar-refractivity contribution >= 4 is 17.4 Å². The molecule has 1 aliphatic heterocycles. The van der Waals surface area contributed by atoms with Gasteiger partial charge in [-0.15, -0.1) is 0 Å². The molecule has 0 N–H and O–H groups in total. The van der Waals surface area contributed by atoms with Crippen LogP contribution in [0.3, 0.4) is 0 Å². The van der Waals surface area contributed by atoms with Gasteiger partial charge < -0.3 is 4.90 Å². The molecule has 100 valence electrons. The van der Waals surface area contributed by atoms with Gasteiger partial charge in [-0.25, -0.2) is 9.97 Å². The van der Waals surface area contributed by atoms with Crippen molar-refractivity contribution in [1.29, 1.82) is 0 Å². The zero-order valence-corrected chi connectivity index (χ0v) is 12.5. The SMILES string of the molecule is CCc1nc(Cl)c(C)c(N2CCCC2C(C)C)n1. The zero-order chi connectivity index (χ0) is 13.3. The molecule has 2 rings (SSSR count). The van der Waals surface area contributed by atoms with E-state index in [1.54, 1.807) is 0 Å². The fourth-order valence-corrected chi connectivity index (χ4v) is 2.89. The van der Waals surface area contributed by atoms with Gasteiger partial charge in [0.15, 0.2) is 0 Å². The first-order valence-corrected chi connectivity index (χ1v) is 7.22. The summed E-state index contributed by atoms with van der Waals surface area (Å²) < 4.78 is 0. The lowest BCUT2D eigenvalue weighted by Gasteiger charge is -2.30. The van der Waals surface area contributed by atoms with Crippen LogP contribution in [0, 0.1) is 12.8 Å². The van der Waals surface area contributed by atoms with Gasteiger partial charge in [0.1, 0.15) is 16.8 Å². The van der Waals surface area contributed by atoms with Crippen LogP contribution >= 0.6 is 11.6 Å². The van der Waals surface area contributed by atoms with Crippen LogP contribution in [0.25, 0.3) is 0 Å². The average molecular weight is 268 g/mol. The van der Waals surface area contributed by atoms with Crippen molar-refractivity contribution in [2.75, 3.05) is 11.4 Å². The molecule has 1 unspecified atom stereocenters. The highest BCUT2D eigenvalue weighted by Gasteiger charge is 2.29. The molecular formula is C14H22ClN3. The first kappa shape index (κ1) is 13.6. The predicted octanol–water partition coefficient (Wildman–Crippen LogP) is 3.63. The van der Waals surface area contributed by atoms with Crippen LogP contribution in [-0.4, -0.2) is 22.6 Å². The molecule has 1 saturated heterocycles. The lowest BCUT2D eigenvalue weighted by molar-refractivity contribution is 0.488. The fraction of sp³-hybridized carbons (Fsp3) is 0.714. The fourth-order valence-electron chi connectivity index (χ4n) is 2.71. The Labute approximate surface area is 115 Å². The molecule has 1 aromatic heterocycles. The first-order chi connectivity index (χ1) is 8.54. The summed E-state index contributed by atoms with van der Waals surface area (Å²) >= 11 is 6.23. The smallest absolute Gasteiger partial charge is 0.137 e. The standard InChI is InChI=1S/C14H22ClN3/c1-5-12-16-13(15)10(4)14(17-12)18-8-6-7-11(18)9(2)3/h9,11H,5-8H2,1-4H3. The largest absolute Gasteiger partial charge is 0.353 e. The molecule has 0 radical (unpaired) electrons. The van der Waals surface area contributed by atoms with E-state index in [9.17, 15) is 0 Å². The van der Waals surface area contributed by atoms with Crippen molar-refractivity contribution in [2.24, 2.45) is 5.92 Å². The molecule has 0 aromatic carbocycles. The van der Waals surface area contributed by atoms with E-state index in [0.717, 1.165) is 30.2 Å². The van der Waals surface area contributed by atoms with Gasteiger partial charge in [-0.2, -0.15) is 0 Å². The monoisotopic (exact) mass is 267 g/mol. The third-order valence-electron chi connectivity index (χ3n) is 3.76. The van der Waals surface area contributed by atoms with Gasteiger partial charge >= 0.3 is 0 Å². The van der Waals surface area contributed by atoms with Gasteiger partial charge in [-0.1, -0.05) is 32.4 Å². The molecule has 0 aliphatic carbocycles. The number of aryl methyl sites for hydroxylation is 1. The topological polar surface area (TPSA) is 29.0 Å². The number of rotatable bonds is 3. The van der Waals surface area contributed by atoms with E-state index in [4.69, 9.17) is 16.6 Å². The van der Waals surface area contributed by atoms with E-state index in [0.29, 0.717) is 17.1 Å². The molecule has 2 heterocycles. The molecule has 18 heavy (non-hydrogen) atoms. The van der Waals surface area contributed by atoms with E-state index in [-0.39, 0.29) is 0 Å². The van der Waals surface area contributed by atoms with Crippen molar-refractivity contribution in [3.05, 3.63) is 16.5 Å². The molecule has 0 saturated carbocycles. The maximum Gasteiger partial charge on any atom is 0.137 e. The highest BCUT2D eigenvalue weighted by molar-refractivity contribution is 6.30. The lowest BCUT2D eigenvalue weighted by atomic mass is 10.0. The summed E-state index contributed by atoms with van der Waals surface area (Å²) in [5, 5.41) is 0.603. The summed E-state index contributed by atoms with van der Waals surface area (Å²) in [6, 6.07) is 0.583.